The maximum absolute atomic E-state index is 5.67. The van der Waals surface area contributed by atoms with Crippen LogP contribution in [0.5, 0.6) is 0 Å². The van der Waals surface area contributed by atoms with E-state index in [1.165, 1.54) is 31.5 Å². The molecule has 76 valence electrons. The topological polar surface area (TPSA) is 56.7 Å². The van der Waals surface area contributed by atoms with Gasteiger partial charge in [-0.05, 0) is 25.7 Å². The summed E-state index contributed by atoms with van der Waals surface area (Å²) in [5.41, 5.74) is 5.98. The van der Waals surface area contributed by atoms with Gasteiger partial charge in [0.15, 0.2) is 0 Å². The van der Waals surface area contributed by atoms with Crippen LogP contribution in [-0.2, 0) is 12.0 Å². The summed E-state index contributed by atoms with van der Waals surface area (Å²) < 4.78 is 2.30. The van der Waals surface area contributed by atoms with E-state index in [4.69, 9.17) is 5.73 Å². The first-order valence-electron chi connectivity index (χ1n) is 5.39. The Hall–Kier alpha value is -0.900. The Morgan fingerprint density at radius 2 is 2.14 bits per heavy atom. The van der Waals surface area contributed by atoms with Crippen LogP contribution in [0.4, 0.5) is 0 Å². The molecule has 1 heterocycles. The molecule has 0 aliphatic heterocycles. The third-order valence-corrected chi connectivity index (χ3v) is 3.40. The molecule has 0 bridgehead atoms. The third kappa shape index (κ3) is 1.10. The number of rotatable bonds is 3. The van der Waals surface area contributed by atoms with Gasteiger partial charge in [-0.25, -0.2) is 0 Å². The molecule has 2 fully saturated rings. The van der Waals surface area contributed by atoms with Crippen molar-refractivity contribution >= 4 is 0 Å². The minimum atomic E-state index is 0.309. The van der Waals surface area contributed by atoms with E-state index < -0.39 is 0 Å². The van der Waals surface area contributed by atoms with E-state index in [2.05, 4.69) is 21.7 Å². The van der Waals surface area contributed by atoms with E-state index in [1.54, 1.807) is 0 Å². The van der Waals surface area contributed by atoms with Crippen LogP contribution < -0.4 is 5.73 Å². The number of hydrogen-bond donors (Lipinski definition) is 1. The first kappa shape index (κ1) is 8.41. The van der Waals surface area contributed by atoms with Crippen molar-refractivity contribution in [1.29, 1.82) is 0 Å². The Labute approximate surface area is 83.5 Å². The van der Waals surface area contributed by atoms with Crippen LogP contribution in [-0.4, -0.2) is 14.8 Å². The van der Waals surface area contributed by atoms with E-state index in [0.717, 1.165) is 5.82 Å². The van der Waals surface area contributed by atoms with Crippen molar-refractivity contribution in [2.24, 2.45) is 5.73 Å². The first-order valence-corrected chi connectivity index (χ1v) is 5.39. The van der Waals surface area contributed by atoms with Crippen molar-refractivity contribution in [3.05, 3.63) is 11.6 Å². The number of aromatic nitrogens is 3. The van der Waals surface area contributed by atoms with Gasteiger partial charge in [0.25, 0.3) is 0 Å². The van der Waals surface area contributed by atoms with Gasteiger partial charge in [0.1, 0.15) is 11.6 Å². The number of hydrogen-bond acceptors (Lipinski definition) is 3. The van der Waals surface area contributed by atoms with Gasteiger partial charge in [0.05, 0.1) is 6.54 Å². The SMILES string of the molecule is CC1(c2nnc(CN)n2C2CC2)CC1. The molecule has 4 nitrogen and oxygen atoms in total. The van der Waals surface area contributed by atoms with Crippen LogP contribution in [0.3, 0.4) is 0 Å². The first-order chi connectivity index (χ1) is 6.74. The third-order valence-electron chi connectivity index (χ3n) is 3.40. The summed E-state index contributed by atoms with van der Waals surface area (Å²) in [5, 5.41) is 8.51. The lowest BCUT2D eigenvalue weighted by atomic mass is 10.1. The summed E-state index contributed by atoms with van der Waals surface area (Å²) in [6, 6.07) is 0.649. The molecule has 2 aliphatic carbocycles. The standard InChI is InChI=1S/C10H16N4/c1-10(4-5-10)9-13-12-8(6-11)14(9)7-2-3-7/h7H,2-6,11H2,1H3. The molecule has 0 amide bonds. The van der Waals surface area contributed by atoms with E-state index in [1.807, 2.05) is 0 Å². The second kappa shape index (κ2) is 2.57. The van der Waals surface area contributed by atoms with Crippen LogP contribution in [0.25, 0.3) is 0 Å². The summed E-state index contributed by atoms with van der Waals surface area (Å²) >= 11 is 0. The zero-order valence-corrected chi connectivity index (χ0v) is 8.53. The van der Waals surface area contributed by atoms with Crippen LogP contribution in [0.1, 0.15) is 50.3 Å². The number of nitrogens with zero attached hydrogens (tertiary/aromatic N) is 3. The zero-order chi connectivity index (χ0) is 9.76. The molecule has 0 saturated heterocycles. The second-order valence-corrected chi connectivity index (χ2v) is 4.81. The van der Waals surface area contributed by atoms with Gasteiger partial charge in [-0.3, -0.25) is 0 Å². The fraction of sp³-hybridized carbons (Fsp3) is 0.800. The van der Waals surface area contributed by atoms with Gasteiger partial charge in [-0.15, -0.1) is 10.2 Å². The average Bonchev–Trinajstić information content (AvgIpc) is 3.09. The normalized spacial score (nSPS) is 23.9. The second-order valence-electron chi connectivity index (χ2n) is 4.81. The molecule has 1 aromatic heterocycles. The molecule has 2 aliphatic rings. The van der Waals surface area contributed by atoms with E-state index >= 15 is 0 Å². The van der Waals surface area contributed by atoms with Crippen molar-refractivity contribution in [2.75, 3.05) is 0 Å². The van der Waals surface area contributed by atoms with E-state index in [9.17, 15) is 0 Å². The van der Waals surface area contributed by atoms with Crippen molar-refractivity contribution < 1.29 is 0 Å². The van der Waals surface area contributed by atoms with E-state index in [0.29, 0.717) is 18.0 Å². The molecule has 0 spiro atoms. The van der Waals surface area contributed by atoms with Crippen molar-refractivity contribution in [1.82, 2.24) is 14.8 Å². The lowest BCUT2D eigenvalue weighted by Gasteiger charge is -2.11. The van der Waals surface area contributed by atoms with Crippen molar-refractivity contribution in [3.63, 3.8) is 0 Å². The largest absolute Gasteiger partial charge is 0.324 e. The Morgan fingerprint density at radius 3 is 2.64 bits per heavy atom. The van der Waals surface area contributed by atoms with E-state index in [-0.39, 0.29) is 0 Å². The molecule has 0 unspecified atom stereocenters. The molecule has 0 aromatic carbocycles. The fourth-order valence-electron chi connectivity index (χ4n) is 2.00. The molecular weight excluding hydrogens is 176 g/mol. The van der Waals surface area contributed by atoms with Crippen LogP contribution in [0, 0.1) is 0 Å². The molecular formula is C10H16N4. The lowest BCUT2D eigenvalue weighted by Crippen LogP contribution is -2.14. The highest BCUT2D eigenvalue weighted by atomic mass is 15.3. The van der Waals surface area contributed by atoms with Gasteiger partial charge < -0.3 is 10.3 Å². The number of nitrogens with two attached hydrogens (primary N) is 1. The van der Waals surface area contributed by atoms with Crippen LogP contribution >= 0.6 is 0 Å². The summed E-state index contributed by atoms with van der Waals surface area (Å²) in [6.45, 7) is 2.79. The fourth-order valence-corrected chi connectivity index (χ4v) is 2.00. The Bertz CT molecular complexity index is 360. The zero-order valence-electron chi connectivity index (χ0n) is 8.53. The molecule has 14 heavy (non-hydrogen) atoms. The highest BCUT2D eigenvalue weighted by molar-refractivity contribution is 5.19. The van der Waals surface area contributed by atoms with Gasteiger partial charge in [0, 0.05) is 11.5 Å². The highest BCUT2D eigenvalue weighted by Crippen LogP contribution is 2.49. The maximum atomic E-state index is 5.67. The quantitative estimate of drug-likeness (QED) is 0.780. The Kier molecular flexibility index (Phi) is 1.54. The predicted octanol–water partition coefficient (Wildman–Crippen LogP) is 1.12. The van der Waals surface area contributed by atoms with Gasteiger partial charge in [0.2, 0.25) is 0 Å². The molecule has 4 heteroatoms. The summed E-state index contributed by atoms with van der Waals surface area (Å²) in [6.07, 6.45) is 5.05. The summed E-state index contributed by atoms with van der Waals surface area (Å²) in [7, 11) is 0. The molecule has 3 rings (SSSR count). The summed E-state index contributed by atoms with van der Waals surface area (Å²) in [5.74, 6) is 2.15. The molecule has 0 radical (unpaired) electrons. The summed E-state index contributed by atoms with van der Waals surface area (Å²) in [4.78, 5) is 0. The Morgan fingerprint density at radius 1 is 1.43 bits per heavy atom. The van der Waals surface area contributed by atoms with Crippen molar-refractivity contribution in [2.45, 2.75) is 50.6 Å². The molecule has 2 N–H and O–H groups in total. The highest BCUT2D eigenvalue weighted by Gasteiger charge is 2.46. The minimum absolute atomic E-state index is 0.309. The Balaban J connectivity index is 2.05. The van der Waals surface area contributed by atoms with Gasteiger partial charge >= 0.3 is 0 Å². The van der Waals surface area contributed by atoms with Crippen molar-refractivity contribution in [3.8, 4) is 0 Å². The minimum Gasteiger partial charge on any atom is -0.324 e. The average molecular weight is 192 g/mol. The lowest BCUT2D eigenvalue weighted by molar-refractivity contribution is 0.588. The molecule has 1 aromatic rings. The molecule has 0 atom stereocenters. The van der Waals surface area contributed by atoms with Gasteiger partial charge in [-0.1, -0.05) is 6.92 Å². The van der Waals surface area contributed by atoms with Crippen LogP contribution in [0.15, 0.2) is 0 Å². The molecule has 2 saturated carbocycles. The smallest absolute Gasteiger partial charge is 0.147 e. The monoisotopic (exact) mass is 192 g/mol. The van der Waals surface area contributed by atoms with Gasteiger partial charge in [-0.2, -0.15) is 0 Å². The predicted molar refractivity (Wildman–Crippen MR) is 52.8 cm³/mol. The maximum Gasteiger partial charge on any atom is 0.147 e. The van der Waals surface area contributed by atoms with Crippen LogP contribution in [0.2, 0.25) is 0 Å².